The van der Waals surface area contributed by atoms with E-state index in [9.17, 15) is 22.8 Å². The van der Waals surface area contributed by atoms with Crippen molar-refractivity contribution in [3.05, 3.63) is 82.9 Å². The summed E-state index contributed by atoms with van der Waals surface area (Å²) in [5.41, 5.74) is 2.03. The van der Waals surface area contributed by atoms with Crippen LogP contribution in [0.15, 0.2) is 65.6 Å². The summed E-state index contributed by atoms with van der Waals surface area (Å²) in [6, 6.07) is 15.1. The molecule has 0 radical (unpaired) electrons. The zero-order valence-corrected chi connectivity index (χ0v) is 24.6. The van der Waals surface area contributed by atoms with Crippen molar-refractivity contribution in [1.82, 2.24) is 9.37 Å². The average Bonchev–Trinajstić information content (AvgIpc) is 3.27. The summed E-state index contributed by atoms with van der Waals surface area (Å²) in [6.45, 7) is 0.152. The number of carbonyl (C=O) groups excluding carboxylic acids is 3. The van der Waals surface area contributed by atoms with Gasteiger partial charge in [-0.25, -0.2) is 8.42 Å². The molecule has 2 heterocycles. The highest BCUT2D eigenvalue weighted by molar-refractivity contribution is 7.89. The molecular weight excluding hydrogens is 580 g/mol. The lowest BCUT2D eigenvalue weighted by molar-refractivity contribution is -0.145. The van der Waals surface area contributed by atoms with Gasteiger partial charge in [-0.15, -0.1) is 5.06 Å². The molecular formula is C30H30N2O10S. The number of fused-ring (bicyclic) bond motifs is 2. The Morgan fingerprint density at radius 1 is 0.860 bits per heavy atom. The van der Waals surface area contributed by atoms with E-state index in [0.717, 1.165) is 14.9 Å². The molecule has 43 heavy (non-hydrogen) atoms. The second kappa shape index (κ2) is 12.4. The van der Waals surface area contributed by atoms with E-state index >= 15 is 0 Å². The molecule has 0 saturated heterocycles. The molecule has 0 fully saturated rings. The van der Waals surface area contributed by atoms with E-state index < -0.39 is 33.8 Å². The fourth-order valence-corrected chi connectivity index (χ4v) is 6.75. The van der Waals surface area contributed by atoms with E-state index in [2.05, 4.69) is 0 Å². The number of carbonyl (C=O) groups is 3. The van der Waals surface area contributed by atoms with E-state index in [1.165, 1.54) is 33.5 Å². The van der Waals surface area contributed by atoms with Crippen molar-refractivity contribution in [2.24, 2.45) is 0 Å². The Bertz CT molecular complexity index is 1640. The molecule has 3 aromatic carbocycles. The lowest BCUT2D eigenvalue weighted by Gasteiger charge is -2.34. The Kier molecular flexibility index (Phi) is 8.67. The lowest BCUT2D eigenvalue weighted by Crippen LogP contribution is -2.49. The number of nitrogens with zero attached hydrogens (tertiary/aromatic N) is 2. The van der Waals surface area contributed by atoms with Crippen LogP contribution >= 0.6 is 0 Å². The number of sulfonamides is 1. The molecule has 2 aliphatic rings. The summed E-state index contributed by atoms with van der Waals surface area (Å²) in [6.07, 6.45) is 0.465. The number of hydroxylamine groups is 2. The number of rotatable bonds is 11. The Balaban J connectivity index is 1.27. The standard InChI is InChI=1S/C30H30N2O10S/c1-38-21-11-12-26(39-2)27(17-21)43(36,37)31-18-20-15-22(10-9-19(20)16-25(31)30(35)40-3)41-13-6-14-42-32-28(33)23-7-4-5-8-24(23)29(32)34/h4-5,7-12,15,17,25H,6,13-14,16,18H2,1-3H3/t25-/m0/s1. The summed E-state index contributed by atoms with van der Waals surface area (Å²) < 4.78 is 50.3. The lowest BCUT2D eigenvalue weighted by atomic mass is 9.95. The molecule has 0 aliphatic carbocycles. The Hall–Kier alpha value is -4.46. The summed E-state index contributed by atoms with van der Waals surface area (Å²) in [5, 5.41) is 0.758. The van der Waals surface area contributed by atoms with Gasteiger partial charge in [0, 0.05) is 25.5 Å². The number of esters is 1. The van der Waals surface area contributed by atoms with Crippen LogP contribution in [-0.4, -0.2) is 76.2 Å². The molecule has 1 atom stereocenters. The maximum Gasteiger partial charge on any atom is 0.324 e. The normalized spacial score (nSPS) is 16.4. The predicted molar refractivity (Wildman–Crippen MR) is 151 cm³/mol. The number of amides is 2. The maximum atomic E-state index is 13.9. The van der Waals surface area contributed by atoms with Gasteiger partial charge in [-0.3, -0.25) is 19.2 Å². The van der Waals surface area contributed by atoms with Crippen LogP contribution in [0.2, 0.25) is 0 Å². The molecule has 0 unspecified atom stereocenters. The number of benzene rings is 3. The molecule has 2 amide bonds. The molecule has 12 nitrogen and oxygen atoms in total. The van der Waals surface area contributed by atoms with Gasteiger partial charge in [0.1, 0.15) is 28.2 Å². The van der Waals surface area contributed by atoms with Crippen molar-refractivity contribution < 1.29 is 46.6 Å². The molecule has 0 aromatic heterocycles. The van der Waals surface area contributed by atoms with Gasteiger partial charge >= 0.3 is 5.97 Å². The summed E-state index contributed by atoms with van der Waals surface area (Å²) >= 11 is 0. The first-order valence-electron chi connectivity index (χ1n) is 13.4. The highest BCUT2D eigenvalue weighted by atomic mass is 32.2. The largest absolute Gasteiger partial charge is 0.497 e. The van der Waals surface area contributed by atoms with Gasteiger partial charge in [0.25, 0.3) is 11.8 Å². The molecule has 3 aromatic rings. The predicted octanol–water partition coefficient (Wildman–Crippen LogP) is 2.99. The minimum atomic E-state index is -4.25. The van der Waals surface area contributed by atoms with E-state index in [0.29, 0.717) is 34.6 Å². The molecule has 0 saturated carbocycles. The molecule has 5 rings (SSSR count). The topological polar surface area (TPSA) is 138 Å². The highest BCUT2D eigenvalue weighted by Crippen LogP contribution is 2.36. The third-order valence-corrected chi connectivity index (χ3v) is 9.11. The summed E-state index contributed by atoms with van der Waals surface area (Å²) in [4.78, 5) is 42.9. The van der Waals surface area contributed by atoms with Gasteiger partial charge in [0.2, 0.25) is 10.0 Å². The molecule has 13 heteroatoms. The SMILES string of the molecule is COC(=O)[C@@H]1Cc2ccc(OCCCON3C(=O)c4ccccc4C3=O)cc2CN1S(=O)(=O)c1cc(OC)ccc1OC. The Morgan fingerprint density at radius 2 is 1.56 bits per heavy atom. The minimum absolute atomic E-state index is 0.0611. The zero-order valence-electron chi connectivity index (χ0n) is 23.8. The second-order valence-electron chi connectivity index (χ2n) is 9.73. The fourth-order valence-electron chi connectivity index (χ4n) is 5.02. The van der Waals surface area contributed by atoms with E-state index in [1.54, 1.807) is 48.5 Å². The van der Waals surface area contributed by atoms with E-state index in [-0.39, 0.29) is 36.8 Å². The molecule has 0 N–H and O–H groups in total. The maximum absolute atomic E-state index is 13.9. The first kappa shape index (κ1) is 30.0. The molecule has 226 valence electrons. The van der Waals surface area contributed by atoms with Crippen LogP contribution < -0.4 is 14.2 Å². The van der Waals surface area contributed by atoms with E-state index in [4.69, 9.17) is 23.8 Å². The van der Waals surface area contributed by atoms with Crippen LogP contribution in [0.1, 0.15) is 38.3 Å². The van der Waals surface area contributed by atoms with Crippen molar-refractivity contribution in [2.75, 3.05) is 34.5 Å². The fraction of sp³-hybridized carbons (Fsp3) is 0.300. The van der Waals surface area contributed by atoms with Crippen LogP contribution in [0.4, 0.5) is 0 Å². The number of imide groups is 1. The van der Waals surface area contributed by atoms with Crippen molar-refractivity contribution in [2.45, 2.75) is 30.3 Å². The van der Waals surface area contributed by atoms with Gasteiger partial charge in [0.05, 0.1) is 45.7 Å². The average molecular weight is 611 g/mol. The third-order valence-electron chi connectivity index (χ3n) is 7.23. The third kappa shape index (κ3) is 5.78. The van der Waals surface area contributed by atoms with Gasteiger partial charge in [-0.05, 0) is 47.5 Å². The van der Waals surface area contributed by atoms with Crippen LogP contribution in [0.25, 0.3) is 0 Å². The Labute approximate surface area is 248 Å². The van der Waals surface area contributed by atoms with Crippen molar-refractivity contribution >= 4 is 27.8 Å². The van der Waals surface area contributed by atoms with E-state index in [1.807, 2.05) is 0 Å². The number of hydrogen-bond acceptors (Lipinski definition) is 10. The smallest absolute Gasteiger partial charge is 0.324 e. The van der Waals surface area contributed by atoms with Gasteiger partial charge < -0.3 is 18.9 Å². The van der Waals surface area contributed by atoms with Crippen molar-refractivity contribution in [3.8, 4) is 17.2 Å². The van der Waals surface area contributed by atoms with Crippen LogP contribution in [0.5, 0.6) is 17.2 Å². The number of methoxy groups -OCH3 is 3. The quantitative estimate of drug-likeness (QED) is 0.181. The van der Waals surface area contributed by atoms with Crippen LogP contribution in [0.3, 0.4) is 0 Å². The van der Waals surface area contributed by atoms with Gasteiger partial charge in [0.15, 0.2) is 0 Å². The second-order valence-corrected chi connectivity index (χ2v) is 11.6. The number of ether oxygens (including phenoxy) is 4. The number of hydrogen-bond donors (Lipinski definition) is 0. The monoisotopic (exact) mass is 610 g/mol. The van der Waals surface area contributed by atoms with Crippen LogP contribution in [0, 0.1) is 0 Å². The minimum Gasteiger partial charge on any atom is -0.497 e. The van der Waals surface area contributed by atoms with Gasteiger partial charge in [-0.2, -0.15) is 4.31 Å². The van der Waals surface area contributed by atoms with Crippen LogP contribution in [-0.2, 0) is 37.4 Å². The molecule has 2 aliphatic heterocycles. The molecule has 0 spiro atoms. The van der Waals surface area contributed by atoms with Gasteiger partial charge in [-0.1, -0.05) is 18.2 Å². The van der Waals surface area contributed by atoms with Crippen molar-refractivity contribution in [3.63, 3.8) is 0 Å². The molecule has 0 bridgehead atoms. The first-order chi connectivity index (χ1) is 20.7. The summed E-state index contributed by atoms with van der Waals surface area (Å²) in [5.74, 6) is -0.799. The first-order valence-corrected chi connectivity index (χ1v) is 14.8. The highest BCUT2D eigenvalue weighted by Gasteiger charge is 2.42. The zero-order chi connectivity index (χ0) is 30.7. The van der Waals surface area contributed by atoms with Crippen molar-refractivity contribution in [1.29, 1.82) is 0 Å². The Morgan fingerprint density at radius 3 is 2.21 bits per heavy atom. The summed E-state index contributed by atoms with van der Waals surface area (Å²) in [7, 11) is -0.255.